The number of hydrogen-bond acceptors (Lipinski definition) is 4. The number of aromatic nitrogens is 3. The van der Waals surface area contributed by atoms with Crippen LogP contribution in [-0.4, -0.2) is 27.2 Å². The lowest BCUT2D eigenvalue weighted by Crippen LogP contribution is -2.05. The van der Waals surface area contributed by atoms with E-state index >= 15 is 0 Å². The number of carbonyl (C=O) groups excluding carboxylic acids is 1. The molecule has 0 aliphatic carbocycles. The van der Waals surface area contributed by atoms with Crippen LogP contribution in [0.1, 0.15) is 17.3 Å². The Morgan fingerprint density at radius 3 is 2.68 bits per heavy atom. The molecule has 0 amide bonds. The number of carbonyl (C=O) groups is 1. The average molecular weight is 336 g/mol. The van der Waals surface area contributed by atoms with Crippen LogP contribution in [0.2, 0.25) is 10.0 Å². The van der Waals surface area contributed by atoms with Crippen molar-refractivity contribution < 1.29 is 9.53 Å². The highest BCUT2D eigenvalue weighted by Gasteiger charge is 2.17. The molecule has 2 heterocycles. The normalized spacial score (nSPS) is 10.9. The van der Waals surface area contributed by atoms with Crippen LogP contribution in [0.5, 0.6) is 0 Å². The molecule has 22 heavy (non-hydrogen) atoms. The van der Waals surface area contributed by atoms with Crippen molar-refractivity contribution in [3.63, 3.8) is 0 Å². The van der Waals surface area contributed by atoms with Crippen molar-refractivity contribution in [1.29, 1.82) is 0 Å². The lowest BCUT2D eigenvalue weighted by atomic mass is 10.1. The Kier molecular flexibility index (Phi) is 4.00. The zero-order valence-corrected chi connectivity index (χ0v) is 13.1. The van der Waals surface area contributed by atoms with Gasteiger partial charge in [-0.1, -0.05) is 23.2 Å². The minimum Gasteiger partial charge on any atom is -0.462 e. The molecule has 2 aromatic heterocycles. The van der Waals surface area contributed by atoms with Gasteiger partial charge in [0.05, 0.1) is 18.5 Å². The number of benzene rings is 1. The minimum atomic E-state index is -0.453. The summed E-state index contributed by atoms with van der Waals surface area (Å²) in [4.78, 5) is 16.1. The Morgan fingerprint density at radius 1 is 1.27 bits per heavy atom. The zero-order chi connectivity index (χ0) is 15.7. The topological polar surface area (TPSA) is 56.5 Å². The fourth-order valence-corrected chi connectivity index (χ4v) is 2.69. The maximum atomic E-state index is 11.9. The van der Waals surface area contributed by atoms with E-state index in [0.29, 0.717) is 27.9 Å². The minimum absolute atomic E-state index is 0.291. The summed E-state index contributed by atoms with van der Waals surface area (Å²) in [6.45, 7) is 2.04. The summed E-state index contributed by atoms with van der Waals surface area (Å²) in [5.74, 6) is -0.453. The van der Waals surface area contributed by atoms with E-state index in [1.807, 2.05) is 0 Å². The number of fused-ring (bicyclic) bond motifs is 1. The van der Waals surface area contributed by atoms with Crippen LogP contribution in [0.3, 0.4) is 0 Å². The van der Waals surface area contributed by atoms with Crippen molar-refractivity contribution >= 4 is 34.8 Å². The van der Waals surface area contributed by atoms with Gasteiger partial charge in [0.25, 0.3) is 0 Å². The smallest absolute Gasteiger partial charge is 0.343 e. The molecule has 0 N–H and O–H groups in total. The molecular formula is C15H11Cl2N3O2. The summed E-state index contributed by atoms with van der Waals surface area (Å²) >= 11 is 12.1. The maximum Gasteiger partial charge on any atom is 0.343 e. The molecule has 0 spiro atoms. The maximum absolute atomic E-state index is 11.9. The largest absolute Gasteiger partial charge is 0.462 e. The third-order valence-corrected chi connectivity index (χ3v) is 3.49. The second-order valence-corrected chi connectivity index (χ2v) is 5.38. The van der Waals surface area contributed by atoms with Gasteiger partial charge < -0.3 is 4.74 Å². The van der Waals surface area contributed by atoms with E-state index in [9.17, 15) is 4.79 Å². The van der Waals surface area contributed by atoms with Gasteiger partial charge in [-0.3, -0.25) is 0 Å². The molecule has 1 aromatic carbocycles. The first-order valence-electron chi connectivity index (χ1n) is 6.56. The molecule has 0 bridgehead atoms. The summed E-state index contributed by atoms with van der Waals surface area (Å²) in [5.41, 5.74) is 2.25. The van der Waals surface area contributed by atoms with Gasteiger partial charge in [0, 0.05) is 21.8 Å². The number of rotatable bonds is 3. The molecule has 112 valence electrons. The van der Waals surface area contributed by atoms with Crippen molar-refractivity contribution in [2.75, 3.05) is 6.61 Å². The van der Waals surface area contributed by atoms with Crippen LogP contribution < -0.4 is 0 Å². The molecule has 3 aromatic rings. The monoisotopic (exact) mass is 335 g/mol. The van der Waals surface area contributed by atoms with Crippen molar-refractivity contribution in [2.24, 2.45) is 0 Å². The van der Waals surface area contributed by atoms with Crippen molar-refractivity contribution in [1.82, 2.24) is 14.6 Å². The van der Waals surface area contributed by atoms with E-state index in [0.717, 1.165) is 11.3 Å². The number of ether oxygens (including phenoxy) is 1. The van der Waals surface area contributed by atoms with E-state index in [2.05, 4.69) is 10.1 Å². The Bertz CT molecular complexity index is 841. The quantitative estimate of drug-likeness (QED) is 0.681. The summed E-state index contributed by atoms with van der Waals surface area (Å²) in [6.07, 6.45) is 3.04. The van der Waals surface area contributed by atoms with Crippen molar-refractivity contribution in [3.8, 4) is 11.3 Å². The Hall–Kier alpha value is -2.11. The van der Waals surface area contributed by atoms with Crippen LogP contribution in [0.15, 0.2) is 36.7 Å². The first kappa shape index (κ1) is 14.8. The second-order valence-electron chi connectivity index (χ2n) is 4.50. The van der Waals surface area contributed by atoms with E-state index in [4.69, 9.17) is 27.9 Å². The molecule has 0 fully saturated rings. The van der Waals surface area contributed by atoms with Crippen LogP contribution >= 0.6 is 23.2 Å². The van der Waals surface area contributed by atoms with Gasteiger partial charge in [0.1, 0.15) is 5.56 Å². The van der Waals surface area contributed by atoms with Gasteiger partial charge in [0.2, 0.25) is 0 Å². The third-order valence-electron chi connectivity index (χ3n) is 3.05. The van der Waals surface area contributed by atoms with Gasteiger partial charge in [0.15, 0.2) is 5.65 Å². The van der Waals surface area contributed by atoms with Crippen LogP contribution in [-0.2, 0) is 4.74 Å². The molecule has 0 aliphatic rings. The zero-order valence-electron chi connectivity index (χ0n) is 11.6. The Morgan fingerprint density at radius 2 is 2.00 bits per heavy atom. The van der Waals surface area contributed by atoms with Gasteiger partial charge >= 0.3 is 5.97 Å². The van der Waals surface area contributed by atoms with Crippen LogP contribution in [0.4, 0.5) is 0 Å². The van der Waals surface area contributed by atoms with E-state index < -0.39 is 5.97 Å². The first-order chi connectivity index (χ1) is 10.6. The Labute approximate surface area is 136 Å². The summed E-state index contributed by atoms with van der Waals surface area (Å²) in [7, 11) is 0. The molecule has 5 nitrogen and oxygen atoms in total. The molecular weight excluding hydrogens is 325 g/mol. The van der Waals surface area contributed by atoms with Gasteiger partial charge in [-0.15, -0.1) is 0 Å². The summed E-state index contributed by atoms with van der Waals surface area (Å²) in [6, 6.07) is 6.97. The SMILES string of the molecule is CCOC(=O)c1cnn2c(-c3cc(Cl)cc(Cl)c3)ccnc12. The first-order valence-corrected chi connectivity index (χ1v) is 7.32. The molecule has 0 saturated heterocycles. The van der Waals surface area contributed by atoms with Crippen LogP contribution in [0.25, 0.3) is 16.9 Å². The lowest BCUT2D eigenvalue weighted by Gasteiger charge is -2.06. The number of nitrogens with zero attached hydrogens (tertiary/aromatic N) is 3. The molecule has 0 unspecified atom stereocenters. The van der Waals surface area contributed by atoms with Gasteiger partial charge in [-0.25, -0.2) is 14.3 Å². The Balaban J connectivity index is 2.18. The number of hydrogen-bond donors (Lipinski definition) is 0. The van der Waals surface area contributed by atoms with Gasteiger partial charge in [-0.2, -0.15) is 5.10 Å². The molecule has 0 saturated carbocycles. The highest BCUT2D eigenvalue weighted by atomic mass is 35.5. The highest BCUT2D eigenvalue weighted by Crippen LogP contribution is 2.27. The highest BCUT2D eigenvalue weighted by molar-refractivity contribution is 6.35. The predicted octanol–water partition coefficient (Wildman–Crippen LogP) is 3.88. The number of esters is 1. The fourth-order valence-electron chi connectivity index (χ4n) is 2.16. The standard InChI is InChI=1S/C15H11Cl2N3O2/c1-2-22-15(21)12-8-19-20-13(3-4-18-14(12)20)9-5-10(16)7-11(17)6-9/h3-8H,2H2,1H3. The fraction of sp³-hybridized carbons (Fsp3) is 0.133. The summed E-state index contributed by atoms with van der Waals surface area (Å²) < 4.78 is 6.57. The molecule has 7 heteroatoms. The van der Waals surface area contributed by atoms with E-state index in [1.54, 1.807) is 41.9 Å². The predicted molar refractivity (Wildman–Crippen MR) is 84.4 cm³/mol. The van der Waals surface area contributed by atoms with Gasteiger partial charge in [-0.05, 0) is 31.2 Å². The third kappa shape index (κ3) is 2.65. The van der Waals surface area contributed by atoms with Crippen molar-refractivity contribution in [2.45, 2.75) is 6.92 Å². The molecule has 0 aliphatic heterocycles. The lowest BCUT2D eigenvalue weighted by molar-refractivity contribution is 0.0528. The van der Waals surface area contributed by atoms with Crippen LogP contribution in [0, 0.1) is 0 Å². The molecule has 3 rings (SSSR count). The molecule has 0 radical (unpaired) electrons. The second kappa shape index (κ2) is 5.94. The van der Waals surface area contributed by atoms with E-state index in [1.165, 1.54) is 6.20 Å². The van der Waals surface area contributed by atoms with Crippen molar-refractivity contribution in [3.05, 3.63) is 52.3 Å². The molecule has 0 atom stereocenters. The average Bonchev–Trinajstić information content (AvgIpc) is 2.90. The number of halogens is 2. The summed E-state index contributed by atoms with van der Waals surface area (Å²) in [5, 5.41) is 5.26. The van der Waals surface area contributed by atoms with E-state index in [-0.39, 0.29) is 0 Å².